The molecule has 0 radical (unpaired) electrons. The van der Waals surface area contributed by atoms with E-state index >= 15 is 0 Å². The van der Waals surface area contributed by atoms with E-state index in [9.17, 15) is 10.2 Å². The third kappa shape index (κ3) is 7.36. The zero-order chi connectivity index (χ0) is 33.2. The molecule has 0 spiro atoms. The van der Waals surface area contributed by atoms with E-state index in [0.717, 1.165) is 0 Å². The standard InChI is InChI=1S/C22H40O14S2Si8/c1-7-39-25-40(8-2)27-42(10-4)29-44(12-6)30-43(11-5,35-45(31-39,34-42)21-19-37-17-13-15-23)28-41(9-3,26-39)33-46(32-40,36-44)22-20-38-18-14-16-24/h7-12,23-24H,1-6,13-22H2. The molecule has 0 amide bonds. The highest BCUT2D eigenvalue weighted by Crippen LogP contribution is 2.51. The summed E-state index contributed by atoms with van der Waals surface area (Å²) in [5.41, 5.74) is 8.60. The number of hydrogen-bond donors (Lipinski definition) is 2. The quantitative estimate of drug-likeness (QED) is 0.154. The zero-order valence-electron chi connectivity index (χ0n) is 25.4. The second-order valence-corrected chi connectivity index (χ2v) is 36.0. The van der Waals surface area contributed by atoms with Crippen LogP contribution in [0.2, 0.25) is 12.1 Å². The molecule has 0 saturated carbocycles. The molecule has 0 unspecified atom stereocenters. The van der Waals surface area contributed by atoms with Gasteiger partial charge >= 0.3 is 70.4 Å². The highest BCUT2D eigenvalue weighted by Gasteiger charge is 2.81. The van der Waals surface area contributed by atoms with Crippen LogP contribution in [0.25, 0.3) is 0 Å². The molecule has 0 aromatic rings. The van der Waals surface area contributed by atoms with Crippen LogP contribution in [-0.4, -0.2) is 117 Å². The van der Waals surface area contributed by atoms with Gasteiger partial charge in [0, 0.05) is 25.3 Å². The van der Waals surface area contributed by atoms with Crippen LogP contribution in [0.5, 0.6) is 0 Å². The average Bonchev–Trinajstić information content (AvgIpc) is 3.00. The fraction of sp³-hybridized carbons (Fsp3) is 0.455. The van der Waals surface area contributed by atoms with Crippen molar-refractivity contribution in [1.29, 1.82) is 0 Å². The Morgan fingerprint density at radius 2 is 0.630 bits per heavy atom. The molecule has 0 aromatic heterocycles. The summed E-state index contributed by atoms with van der Waals surface area (Å²) in [5, 5.41) is 18.6. The van der Waals surface area contributed by atoms with Gasteiger partial charge in [0.1, 0.15) is 0 Å². The van der Waals surface area contributed by atoms with Gasteiger partial charge in [-0.25, -0.2) is 0 Å². The van der Waals surface area contributed by atoms with Crippen molar-refractivity contribution in [2.45, 2.75) is 24.9 Å². The van der Waals surface area contributed by atoms with Crippen molar-refractivity contribution >= 4 is 94.0 Å². The van der Waals surface area contributed by atoms with Gasteiger partial charge in [0.05, 0.1) is 0 Å². The Kier molecular flexibility index (Phi) is 11.8. The summed E-state index contributed by atoms with van der Waals surface area (Å²) in [6.45, 7) is 24.3. The lowest BCUT2D eigenvalue weighted by atomic mass is 10.5. The van der Waals surface area contributed by atoms with Crippen molar-refractivity contribution in [3.63, 3.8) is 0 Å². The van der Waals surface area contributed by atoms with Gasteiger partial charge in [-0.15, -0.1) is 39.5 Å². The first kappa shape index (κ1) is 37.6. The number of aliphatic hydroxyl groups excluding tert-OH is 2. The van der Waals surface area contributed by atoms with Gasteiger partial charge in [-0.3, -0.25) is 0 Å². The SMILES string of the molecule is C=C[Si]12O[Si]3(C=C)O[Si]4(C=C)O[Si]5(C=C)O[Si](C=C)(O[Si](C=C)(O1)O[Si](CCSCCCO)(O3)O5)O[Si](CCSCCCO)(O2)O4. The molecule has 14 nitrogen and oxygen atoms in total. The van der Waals surface area contributed by atoms with Gasteiger partial charge < -0.3 is 59.6 Å². The van der Waals surface area contributed by atoms with Gasteiger partial charge in [0.2, 0.25) is 0 Å². The summed E-state index contributed by atoms with van der Waals surface area (Å²) in [4.78, 5) is 0. The molecule has 8 bridgehead atoms. The molecule has 6 aliphatic heterocycles. The second-order valence-electron chi connectivity index (χ2n) is 10.3. The van der Waals surface area contributed by atoms with E-state index in [1.165, 1.54) is 34.2 Å². The molecule has 6 rings (SSSR count). The highest BCUT2D eigenvalue weighted by molar-refractivity contribution is 7.99. The van der Waals surface area contributed by atoms with Crippen LogP contribution in [0.1, 0.15) is 12.8 Å². The van der Waals surface area contributed by atoms with Gasteiger partial charge in [-0.05, 0) is 70.0 Å². The minimum Gasteiger partial charge on any atom is -0.396 e. The summed E-state index contributed by atoms with van der Waals surface area (Å²) in [6, 6.07) is 0.451. The zero-order valence-corrected chi connectivity index (χ0v) is 35.0. The molecule has 6 saturated heterocycles. The average molecular weight is 817 g/mol. The summed E-state index contributed by atoms with van der Waals surface area (Å²) in [7, 11) is -33.1. The Balaban J connectivity index is 1.73. The van der Waals surface area contributed by atoms with E-state index in [-0.39, 0.29) is 25.3 Å². The minimum absolute atomic E-state index is 0.0680. The minimum atomic E-state index is -4.17. The van der Waals surface area contributed by atoms with E-state index < -0.39 is 70.4 Å². The monoisotopic (exact) mass is 816 g/mol. The maximum Gasteiger partial charge on any atom is 0.507 e. The second kappa shape index (κ2) is 14.5. The predicted molar refractivity (Wildman–Crippen MR) is 188 cm³/mol. The molecular weight excluding hydrogens is 777 g/mol. The number of hydrogen-bond acceptors (Lipinski definition) is 16. The van der Waals surface area contributed by atoms with Crippen LogP contribution in [0.15, 0.2) is 73.7 Å². The molecule has 6 aliphatic rings. The van der Waals surface area contributed by atoms with E-state index in [4.69, 9.17) is 49.4 Å². The summed E-state index contributed by atoms with van der Waals surface area (Å²) < 4.78 is 82.6. The van der Waals surface area contributed by atoms with E-state index in [1.54, 1.807) is 23.5 Å². The Morgan fingerprint density at radius 3 is 0.826 bits per heavy atom. The molecule has 46 heavy (non-hydrogen) atoms. The lowest BCUT2D eigenvalue weighted by Gasteiger charge is -2.61. The smallest absolute Gasteiger partial charge is 0.396 e. The number of aliphatic hydroxyl groups is 2. The van der Waals surface area contributed by atoms with Gasteiger partial charge in [0.15, 0.2) is 0 Å². The fourth-order valence-corrected chi connectivity index (χ4v) is 50.6. The molecule has 6 fully saturated rings. The Bertz CT molecular complexity index is 996. The molecule has 2 N–H and O–H groups in total. The van der Waals surface area contributed by atoms with Crippen molar-refractivity contribution in [3.05, 3.63) is 73.7 Å². The third-order valence-electron chi connectivity index (χ3n) is 6.99. The lowest BCUT2D eigenvalue weighted by molar-refractivity contribution is -0.0115. The van der Waals surface area contributed by atoms with Crippen LogP contribution in [0.3, 0.4) is 0 Å². The first-order chi connectivity index (χ1) is 22.0. The van der Waals surface area contributed by atoms with Crippen LogP contribution in [0.4, 0.5) is 0 Å². The van der Waals surface area contributed by atoms with Crippen molar-refractivity contribution in [3.8, 4) is 0 Å². The Labute approximate surface area is 286 Å². The summed E-state index contributed by atoms with van der Waals surface area (Å²) in [6.07, 6.45) is 1.22. The van der Waals surface area contributed by atoms with Crippen molar-refractivity contribution in [2.24, 2.45) is 0 Å². The molecule has 0 aromatic carbocycles. The maximum atomic E-state index is 9.30. The lowest BCUT2D eigenvalue weighted by Crippen LogP contribution is -2.87. The van der Waals surface area contributed by atoms with Crippen LogP contribution < -0.4 is 0 Å². The third-order valence-corrected chi connectivity index (χ3v) is 42.5. The van der Waals surface area contributed by atoms with Crippen molar-refractivity contribution in [1.82, 2.24) is 0 Å². The van der Waals surface area contributed by atoms with Crippen LogP contribution in [0, 0.1) is 0 Å². The number of thioether (sulfide) groups is 2. The van der Waals surface area contributed by atoms with E-state index in [1.807, 2.05) is 0 Å². The molecule has 0 aliphatic carbocycles. The Morgan fingerprint density at radius 1 is 0.391 bits per heavy atom. The van der Waals surface area contributed by atoms with E-state index in [0.29, 0.717) is 35.9 Å². The van der Waals surface area contributed by atoms with Crippen molar-refractivity contribution < 1.29 is 59.6 Å². The first-order valence-electron chi connectivity index (χ1n) is 14.6. The molecule has 24 heteroatoms. The van der Waals surface area contributed by atoms with Crippen molar-refractivity contribution in [2.75, 3.05) is 36.2 Å². The normalized spacial score (nSPS) is 44.2. The van der Waals surface area contributed by atoms with Crippen LogP contribution in [-0.2, 0) is 49.4 Å². The molecule has 6 heterocycles. The van der Waals surface area contributed by atoms with Gasteiger partial charge in [-0.2, -0.15) is 23.5 Å². The fourth-order valence-electron chi connectivity index (χ4n) is 4.98. The molecule has 256 valence electrons. The predicted octanol–water partition coefficient (Wildman–Crippen LogP) is 2.35. The Hall–Kier alpha value is 0.315. The largest absolute Gasteiger partial charge is 0.507 e. The maximum absolute atomic E-state index is 9.30. The van der Waals surface area contributed by atoms with Crippen LogP contribution >= 0.6 is 23.5 Å². The first-order valence-corrected chi connectivity index (χ1v) is 31.6. The highest BCUT2D eigenvalue weighted by atomic mass is 32.2. The molecular formula is C22H40O14S2Si8. The van der Waals surface area contributed by atoms with Gasteiger partial charge in [0.25, 0.3) is 0 Å². The number of rotatable bonds is 18. The molecule has 0 atom stereocenters. The summed E-state index contributed by atoms with van der Waals surface area (Å²) >= 11 is 3.16. The summed E-state index contributed by atoms with van der Waals surface area (Å²) in [5.74, 6) is 2.39. The van der Waals surface area contributed by atoms with E-state index in [2.05, 4.69) is 39.5 Å². The van der Waals surface area contributed by atoms with Gasteiger partial charge in [-0.1, -0.05) is 0 Å². The topological polar surface area (TPSA) is 151 Å².